The summed E-state index contributed by atoms with van der Waals surface area (Å²) in [5.74, 6) is 6.39. The molecule has 2 unspecified atom stereocenters. The predicted octanol–water partition coefficient (Wildman–Crippen LogP) is 0.712. The lowest BCUT2D eigenvalue weighted by molar-refractivity contribution is 0.129. The Labute approximate surface area is 74.6 Å². The number of hydrogen-bond acceptors (Lipinski definition) is 2. The van der Waals surface area contributed by atoms with Crippen LogP contribution in [0.15, 0.2) is 0 Å². The van der Waals surface area contributed by atoms with Crippen LogP contribution in [-0.4, -0.2) is 35.7 Å². The zero-order valence-electron chi connectivity index (χ0n) is 7.88. The SMILES string of the molecule is CC#CCN1CCC(C(C)O)C1. The quantitative estimate of drug-likeness (QED) is 0.612. The lowest BCUT2D eigenvalue weighted by atomic mass is 10.0. The average Bonchev–Trinajstić information content (AvgIpc) is 2.48. The van der Waals surface area contributed by atoms with Crippen molar-refractivity contribution in [2.45, 2.75) is 26.4 Å². The molecule has 1 fully saturated rings. The second kappa shape index (κ2) is 4.49. The molecule has 1 aliphatic heterocycles. The summed E-state index contributed by atoms with van der Waals surface area (Å²) >= 11 is 0. The molecule has 0 bridgehead atoms. The van der Waals surface area contributed by atoms with E-state index in [9.17, 15) is 5.11 Å². The molecule has 0 aliphatic carbocycles. The first-order valence-corrected chi connectivity index (χ1v) is 4.54. The highest BCUT2D eigenvalue weighted by atomic mass is 16.3. The second-order valence-electron chi connectivity index (χ2n) is 3.45. The van der Waals surface area contributed by atoms with Gasteiger partial charge in [0, 0.05) is 6.54 Å². The number of nitrogens with zero attached hydrogens (tertiary/aromatic N) is 1. The molecule has 1 saturated heterocycles. The highest BCUT2D eigenvalue weighted by Crippen LogP contribution is 2.18. The van der Waals surface area contributed by atoms with Crippen LogP contribution in [0.4, 0.5) is 0 Å². The van der Waals surface area contributed by atoms with Crippen LogP contribution in [0.5, 0.6) is 0 Å². The zero-order chi connectivity index (χ0) is 8.97. The Bertz CT molecular complexity index is 190. The topological polar surface area (TPSA) is 23.5 Å². The molecule has 1 aliphatic rings. The third-order valence-electron chi connectivity index (χ3n) is 2.47. The number of rotatable bonds is 2. The molecule has 2 atom stereocenters. The van der Waals surface area contributed by atoms with Gasteiger partial charge in [-0.1, -0.05) is 5.92 Å². The molecular formula is C10H17NO. The van der Waals surface area contributed by atoms with Crippen molar-refractivity contribution in [3.8, 4) is 11.8 Å². The fraction of sp³-hybridized carbons (Fsp3) is 0.800. The van der Waals surface area contributed by atoms with Crippen LogP contribution < -0.4 is 0 Å². The van der Waals surface area contributed by atoms with Gasteiger partial charge >= 0.3 is 0 Å². The Kier molecular flexibility index (Phi) is 3.58. The van der Waals surface area contributed by atoms with Crippen molar-refractivity contribution in [1.82, 2.24) is 4.90 Å². The first-order valence-electron chi connectivity index (χ1n) is 4.54. The fourth-order valence-corrected chi connectivity index (χ4v) is 1.59. The van der Waals surface area contributed by atoms with Crippen molar-refractivity contribution < 1.29 is 5.11 Å². The molecule has 0 spiro atoms. The highest BCUT2D eigenvalue weighted by molar-refractivity contribution is 4.99. The monoisotopic (exact) mass is 167 g/mol. The van der Waals surface area contributed by atoms with Gasteiger partial charge in [-0.25, -0.2) is 0 Å². The Morgan fingerprint density at radius 1 is 1.67 bits per heavy atom. The molecule has 2 nitrogen and oxygen atoms in total. The summed E-state index contributed by atoms with van der Waals surface area (Å²) in [5.41, 5.74) is 0. The van der Waals surface area contributed by atoms with Crippen molar-refractivity contribution in [3.63, 3.8) is 0 Å². The van der Waals surface area contributed by atoms with Crippen molar-refractivity contribution in [2.24, 2.45) is 5.92 Å². The minimum absolute atomic E-state index is 0.162. The molecule has 0 radical (unpaired) electrons. The van der Waals surface area contributed by atoms with Crippen LogP contribution >= 0.6 is 0 Å². The Hall–Kier alpha value is -0.520. The maximum atomic E-state index is 9.33. The third-order valence-corrected chi connectivity index (χ3v) is 2.47. The summed E-state index contributed by atoms with van der Waals surface area (Å²) in [4.78, 5) is 2.30. The van der Waals surface area contributed by atoms with Crippen molar-refractivity contribution in [1.29, 1.82) is 0 Å². The van der Waals surface area contributed by atoms with Gasteiger partial charge in [0.1, 0.15) is 0 Å². The normalized spacial score (nSPS) is 26.4. The smallest absolute Gasteiger partial charge is 0.0601 e. The van der Waals surface area contributed by atoms with Crippen LogP contribution in [0.25, 0.3) is 0 Å². The fourth-order valence-electron chi connectivity index (χ4n) is 1.59. The van der Waals surface area contributed by atoms with Crippen LogP contribution in [0, 0.1) is 17.8 Å². The standard InChI is InChI=1S/C10H17NO/c1-3-4-6-11-7-5-10(8-11)9(2)12/h9-10,12H,5-8H2,1-2H3. The zero-order valence-corrected chi connectivity index (χ0v) is 7.88. The van der Waals surface area contributed by atoms with Gasteiger partial charge in [-0.05, 0) is 32.7 Å². The second-order valence-corrected chi connectivity index (χ2v) is 3.45. The molecule has 68 valence electrons. The van der Waals surface area contributed by atoms with Gasteiger partial charge in [0.15, 0.2) is 0 Å². The van der Waals surface area contributed by atoms with Gasteiger partial charge in [0.25, 0.3) is 0 Å². The minimum atomic E-state index is -0.162. The molecule has 12 heavy (non-hydrogen) atoms. The number of aliphatic hydroxyl groups excluding tert-OH is 1. The Morgan fingerprint density at radius 3 is 2.92 bits per heavy atom. The molecule has 0 aromatic rings. The van der Waals surface area contributed by atoms with Gasteiger partial charge in [-0.15, -0.1) is 5.92 Å². The summed E-state index contributed by atoms with van der Waals surface area (Å²) in [6, 6.07) is 0. The van der Waals surface area contributed by atoms with Gasteiger partial charge in [0.05, 0.1) is 12.6 Å². The summed E-state index contributed by atoms with van der Waals surface area (Å²) in [6.07, 6.45) is 0.952. The molecule has 1 N–H and O–H groups in total. The Morgan fingerprint density at radius 2 is 2.42 bits per heavy atom. The van der Waals surface area contributed by atoms with Crippen LogP contribution in [-0.2, 0) is 0 Å². The predicted molar refractivity (Wildman–Crippen MR) is 49.7 cm³/mol. The molecule has 0 amide bonds. The first-order chi connectivity index (χ1) is 5.74. The summed E-state index contributed by atoms with van der Waals surface area (Å²) < 4.78 is 0. The summed E-state index contributed by atoms with van der Waals surface area (Å²) in [6.45, 7) is 6.69. The number of aliphatic hydroxyl groups is 1. The van der Waals surface area contributed by atoms with E-state index in [1.807, 2.05) is 13.8 Å². The van der Waals surface area contributed by atoms with E-state index in [0.29, 0.717) is 5.92 Å². The molecule has 0 aromatic heterocycles. The molecule has 1 heterocycles. The molecule has 0 aromatic carbocycles. The van der Waals surface area contributed by atoms with E-state index in [-0.39, 0.29) is 6.10 Å². The maximum absolute atomic E-state index is 9.33. The number of hydrogen-bond donors (Lipinski definition) is 1. The third kappa shape index (κ3) is 2.51. The van der Waals surface area contributed by atoms with Crippen molar-refractivity contribution in [3.05, 3.63) is 0 Å². The van der Waals surface area contributed by atoms with E-state index in [4.69, 9.17) is 0 Å². The van der Waals surface area contributed by atoms with E-state index in [2.05, 4.69) is 16.7 Å². The lowest BCUT2D eigenvalue weighted by Gasteiger charge is -2.14. The van der Waals surface area contributed by atoms with Crippen LogP contribution in [0.3, 0.4) is 0 Å². The number of likely N-dealkylation sites (tertiary alicyclic amines) is 1. The molecular weight excluding hydrogens is 150 g/mol. The summed E-state index contributed by atoms with van der Waals surface area (Å²) in [5, 5.41) is 9.33. The van der Waals surface area contributed by atoms with E-state index < -0.39 is 0 Å². The van der Waals surface area contributed by atoms with Gasteiger partial charge in [0.2, 0.25) is 0 Å². The lowest BCUT2D eigenvalue weighted by Crippen LogP contribution is -2.24. The highest BCUT2D eigenvalue weighted by Gasteiger charge is 2.24. The molecule has 1 rings (SSSR count). The molecule has 2 heteroatoms. The maximum Gasteiger partial charge on any atom is 0.0601 e. The van der Waals surface area contributed by atoms with E-state index in [1.54, 1.807) is 0 Å². The minimum Gasteiger partial charge on any atom is -0.393 e. The van der Waals surface area contributed by atoms with Gasteiger partial charge in [-0.2, -0.15) is 0 Å². The van der Waals surface area contributed by atoms with Crippen LogP contribution in [0.1, 0.15) is 20.3 Å². The first kappa shape index (κ1) is 9.57. The van der Waals surface area contributed by atoms with Crippen molar-refractivity contribution >= 4 is 0 Å². The van der Waals surface area contributed by atoms with Crippen molar-refractivity contribution in [2.75, 3.05) is 19.6 Å². The largest absolute Gasteiger partial charge is 0.393 e. The Balaban J connectivity index is 2.29. The van der Waals surface area contributed by atoms with E-state index >= 15 is 0 Å². The molecule has 0 saturated carbocycles. The average molecular weight is 167 g/mol. The van der Waals surface area contributed by atoms with Gasteiger partial charge in [-0.3, -0.25) is 4.90 Å². The van der Waals surface area contributed by atoms with E-state index in [1.165, 1.54) is 0 Å². The van der Waals surface area contributed by atoms with Gasteiger partial charge < -0.3 is 5.11 Å². The summed E-state index contributed by atoms with van der Waals surface area (Å²) in [7, 11) is 0. The van der Waals surface area contributed by atoms with Crippen LogP contribution in [0.2, 0.25) is 0 Å². The van der Waals surface area contributed by atoms with E-state index in [0.717, 1.165) is 26.1 Å².